The Morgan fingerprint density at radius 2 is 1.62 bits per heavy atom. The van der Waals surface area contributed by atoms with Crippen molar-refractivity contribution in [2.24, 2.45) is 0 Å². The Morgan fingerprint density at radius 1 is 1.00 bits per heavy atom. The third kappa shape index (κ3) is 3.92. The molecule has 0 aromatic carbocycles. The van der Waals surface area contributed by atoms with E-state index in [9.17, 15) is 8.42 Å². The molecule has 4 nitrogen and oxygen atoms in total. The molecule has 0 fully saturated rings. The van der Waals surface area contributed by atoms with Gasteiger partial charge in [0.2, 0.25) is 10.0 Å². The van der Waals surface area contributed by atoms with Gasteiger partial charge < -0.3 is 5.32 Å². The molecule has 0 unspecified atom stereocenters. The fourth-order valence-electron chi connectivity index (χ4n) is 2.03. The molecule has 0 spiro atoms. The van der Waals surface area contributed by atoms with Crippen molar-refractivity contribution in [1.29, 1.82) is 0 Å². The minimum absolute atomic E-state index is 0.346. The maximum absolute atomic E-state index is 12.4. The molecule has 21 heavy (non-hydrogen) atoms. The van der Waals surface area contributed by atoms with Crippen LogP contribution in [0.25, 0.3) is 0 Å². The highest BCUT2D eigenvalue weighted by atomic mass is 32.2. The molecule has 116 valence electrons. The van der Waals surface area contributed by atoms with Gasteiger partial charge in [0.15, 0.2) is 0 Å². The highest BCUT2D eigenvalue weighted by molar-refractivity contribution is 7.89. The minimum Gasteiger partial charge on any atom is -0.315 e. The molecule has 2 aromatic rings. The number of hydrogen-bond acceptors (Lipinski definition) is 5. The number of hydrogen-bond donors (Lipinski definition) is 2. The number of rotatable bonds is 6. The molecule has 0 aliphatic carbocycles. The summed E-state index contributed by atoms with van der Waals surface area (Å²) in [6, 6.07) is 3.79. The van der Waals surface area contributed by atoms with E-state index in [2.05, 4.69) is 10.0 Å². The summed E-state index contributed by atoms with van der Waals surface area (Å²) >= 11 is 3.15. The average molecular weight is 345 g/mol. The van der Waals surface area contributed by atoms with Gasteiger partial charge in [-0.2, -0.15) is 0 Å². The molecule has 0 amide bonds. The molecule has 0 radical (unpaired) electrons. The molecule has 7 heteroatoms. The topological polar surface area (TPSA) is 58.2 Å². The monoisotopic (exact) mass is 344 g/mol. The van der Waals surface area contributed by atoms with E-state index in [0.29, 0.717) is 18.0 Å². The fourth-order valence-corrected chi connectivity index (χ4v) is 5.77. The molecular formula is C14H20N2O2S3. The van der Waals surface area contributed by atoms with E-state index < -0.39 is 10.0 Å². The molecule has 2 N–H and O–H groups in total. The molecule has 0 aliphatic heterocycles. The maximum atomic E-state index is 12.4. The third-order valence-electron chi connectivity index (χ3n) is 3.22. The van der Waals surface area contributed by atoms with Gasteiger partial charge in [0.25, 0.3) is 0 Å². The van der Waals surface area contributed by atoms with E-state index in [1.54, 1.807) is 17.4 Å². The molecule has 0 aliphatic rings. The van der Waals surface area contributed by atoms with Crippen molar-refractivity contribution >= 4 is 32.7 Å². The van der Waals surface area contributed by atoms with Crippen molar-refractivity contribution in [3.05, 3.63) is 37.2 Å². The van der Waals surface area contributed by atoms with Crippen LogP contribution in [0, 0.1) is 20.8 Å². The first-order valence-corrected chi connectivity index (χ1v) is 9.74. The zero-order chi connectivity index (χ0) is 15.6. The standard InChI is InChI=1S/C14H20N2O2S3/c1-9-5-12(19-10(9)2)8-16-21(17,18)14-6-13(7-15-4)20-11(14)3/h5-6,15-16H,7-8H2,1-4H3. The summed E-state index contributed by atoms with van der Waals surface area (Å²) in [7, 11) is -1.60. The van der Waals surface area contributed by atoms with Crippen LogP contribution in [0.1, 0.15) is 25.1 Å². The quantitative estimate of drug-likeness (QED) is 0.847. The Balaban J connectivity index is 2.14. The summed E-state index contributed by atoms with van der Waals surface area (Å²) in [5, 5.41) is 3.04. The summed E-state index contributed by atoms with van der Waals surface area (Å²) in [6.07, 6.45) is 0. The van der Waals surface area contributed by atoms with Crippen molar-refractivity contribution in [2.45, 2.75) is 38.8 Å². The zero-order valence-electron chi connectivity index (χ0n) is 12.6. The molecule has 0 atom stereocenters. The Labute approximate surface area is 134 Å². The lowest BCUT2D eigenvalue weighted by molar-refractivity contribution is 0.581. The van der Waals surface area contributed by atoms with Gasteiger partial charge in [0.1, 0.15) is 0 Å². The van der Waals surface area contributed by atoms with E-state index in [1.165, 1.54) is 21.8 Å². The van der Waals surface area contributed by atoms with Gasteiger partial charge in [0.05, 0.1) is 4.90 Å². The largest absolute Gasteiger partial charge is 0.315 e. The highest BCUT2D eigenvalue weighted by Gasteiger charge is 2.19. The predicted molar refractivity (Wildman–Crippen MR) is 89.6 cm³/mol. The Kier molecular flexibility index (Phi) is 5.21. The Bertz CT molecular complexity index is 710. The van der Waals surface area contributed by atoms with Gasteiger partial charge in [-0.15, -0.1) is 22.7 Å². The van der Waals surface area contributed by atoms with Gasteiger partial charge in [-0.05, 0) is 45.5 Å². The third-order valence-corrected chi connectivity index (χ3v) is 7.08. The second-order valence-corrected chi connectivity index (χ2v) is 9.36. The van der Waals surface area contributed by atoms with E-state index in [0.717, 1.165) is 14.6 Å². The normalized spacial score (nSPS) is 12.0. The van der Waals surface area contributed by atoms with Crippen LogP contribution < -0.4 is 10.0 Å². The summed E-state index contributed by atoms with van der Waals surface area (Å²) < 4.78 is 27.5. The van der Waals surface area contributed by atoms with E-state index in [1.807, 2.05) is 33.9 Å². The van der Waals surface area contributed by atoms with Gasteiger partial charge in [-0.3, -0.25) is 0 Å². The molecule has 0 saturated heterocycles. The summed E-state index contributed by atoms with van der Waals surface area (Å²) in [6.45, 7) is 6.96. The van der Waals surface area contributed by atoms with Crippen molar-refractivity contribution in [3.8, 4) is 0 Å². The fraction of sp³-hybridized carbons (Fsp3) is 0.429. The van der Waals surface area contributed by atoms with E-state index in [-0.39, 0.29) is 0 Å². The van der Waals surface area contributed by atoms with Crippen LogP contribution in [0.15, 0.2) is 17.0 Å². The highest BCUT2D eigenvalue weighted by Crippen LogP contribution is 2.26. The number of aryl methyl sites for hydroxylation is 3. The van der Waals surface area contributed by atoms with Gasteiger partial charge in [-0.1, -0.05) is 0 Å². The predicted octanol–water partition coefficient (Wildman–Crippen LogP) is 2.93. The number of sulfonamides is 1. The lowest BCUT2D eigenvalue weighted by Gasteiger charge is -2.04. The molecule has 0 bridgehead atoms. The summed E-state index contributed by atoms with van der Waals surface area (Å²) in [4.78, 5) is 4.51. The molecule has 2 rings (SSSR count). The van der Waals surface area contributed by atoms with E-state index in [4.69, 9.17) is 0 Å². The van der Waals surface area contributed by atoms with E-state index >= 15 is 0 Å². The van der Waals surface area contributed by atoms with Crippen molar-refractivity contribution in [3.63, 3.8) is 0 Å². The molecule has 2 heterocycles. The van der Waals surface area contributed by atoms with Crippen LogP contribution in [0.5, 0.6) is 0 Å². The van der Waals surface area contributed by atoms with Gasteiger partial charge >= 0.3 is 0 Å². The van der Waals surface area contributed by atoms with Gasteiger partial charge in [0, 0.05) is 32.6 Å². The Morgan fingerprint density at radius 3 is 2.19 bits per heavy atom. The van der Waals surface area contributed by atoms with Crippen molar-refractivity contribution < 1.29 is 8.42 Å². The lowest BCUT2D eigenvalue weighted by atomic mass is 10.3. The van der Waals surface area contributed by atoms with Crippen LogP contribution in [0.4, 0.5) is 0 Å². The lowest BCUT2D eigenvalue weighted by Crippen LogP contribution is -2.23. The van der Waals surface area contributed by atoms with Crippen molar-refractivity contribution in [2.75, 3.05) is 7.05 Å². The average Bonchev–Trinajstić information content (AvgIpc) is 2.92. The first-order valence-electron chi connectivity index (χ1n) is 6.63. The van der Waals surface area contributed by atoms with Crippen molar-refractivity contribution in [1.82, 2.24) is 10.0 Å². The van der Waals surface area contributed by atoms with Crippen LogP contribution in [-0.4, -0.2) is 15.5 Å². The summed E-state index contributed by atoms with van der Waals surface area (Å²) in [5.41, 5.74) is 1.21. The van der Waals surface area contributed by atoms with Gasteiger partial charge in [-0.25, -0.2) is 13.1 Å². The molecular weight excluding hydrogens is 324 g/mol. The molecule has 2 aromatic heterocycles. The SMILES string of the molecule is CNCc1cc(S(=O)(=O)NCc2cc(C)c(C)s2)c(C)s1. The number of thiophene rings is 2. The minimum atomic E-state index is -3.45. The first-order chi connectivity index (χ1) is 9.83. The second-order valence-electron chi connectivity index (χ2n) is 4.94. The maximum Gasteiger partial charge on any atom is 0.242 e. The summed E-state index contributed by atoms with van der Waals surface area (Å²) in [5.74, 6) is 0. The smallest absolute Gasteiger partial charge is 0.242 e. The second kappa shape index (κ2) is 6.58. The van der Waals surface area contributed by atoms with Crippen LogP contribution in [-0.2, 0) is 23.1 Å². The molecule has 0 saturated carbocycles. The first kappa shape index (κ1) is 16.6. The number of nitrogens with one attached hydrogen (secondary N) is 2. The van der Waals surface area contributed by atoms with Crippen LogP contribution in [0.2, 0.25) is 0 Å². The zero-order valence-corrected chi connectivity index (χ0v) is 15.1. The van der Waals surface area contributed by atoms with Crippen LogP contribution >= 0.6 is 22.7 Å². The van der Waals surface area contributed by atoms with Crippen LogP contribution in [0.3, 0.4) is 0 Å². The Hall–Kier alpha value is -0.730.